The number of carbonyl (C=O) groups is 2. The van der Waals surface area contributed by atoms with Crippen LogP contribution in [0.15, 0.2) is 12.2 Å². The Morgan fingerprint density at radius 2 is 2.11 bits per heavy atom. The normalized spacial score (nSPS) is 38.2. The van der Waals surface area contributed by atoms with Gasteiger partial charge in [-0.05, 0) is 19.3 Å². The molecule has 100 valence electrons. The highest BCUT2D eigenvalue weighted by atomic mass is 16.6. The Labute approximate surface area is 107 Å². The van der Waals surface area contributed by atoms with Gasteiger partial charge in [0.2, 0.25) is 0 Å². The average molecular weight is 252 g/mol. The van der Waals surface area contributed by atoms with Crippen LogP contribution in [0, 0.1) is 23.7 Å². The number of ether oxygens (including phenoxy) is 2. The van der Waals surface area contributed by atoms with Crippen molar-refractivity contribution in [3.05, 3.63) is 12.2 Å². The van der Waals surface area contributed by atoms with E-state index in [1.54, 1.807) is 6.92 Å². The zero-order valence-electron chi connectivity index (χ0n) is 11.1. The van der Waals surface area contributed by atoms with Crippen LogP contribution >= 0.6 is 0 Å². The third-order valence-corrected chi connectivity index (χ3v) is 3.94. The van der Waals surface area contributed by atoms with Gasteiger partial charge in [-0.3, -0.25) is 9.59 Å². The molecule has 18 heavy (non-hydrogen) atoms. The first-order valence-electron chi connectivity index (χ1n) is 6.65. The molecule has 0 saturated carbocycles. The first kappa shape index (κ1) is 13.1. The number of cyclic esters (lactones) is 1. The zero-order valence-corrected chi connectivity index (χ0v) is 11.1. The van der Waals surface area contributed by atoms with Crippen molar-refractivity contribution in [2.24, 2.45) is 23.7 Å². The van der Waals surface area contributed by atoms with Gasteiger partial charge in [-0.1, -0.05) is 26.0 Å². The van der Waals surface area contributed by atoms with Crippen LogP contribution in [0.1, 0.15) is 27.2 Å². The minimum absolute atomic E-state index is 0.0214. The highest BCUT2D eigenvalue weighted by molar-refractivity contribution is 5.85. The van der Waals surface area contributed by atoms with Gasteiger partial charge in [-0.25, -0.2) is 0 Å². The molecule has 0 aromatic heterocycles. The van der Waals surface area contributed by atoms with Gasteiger partial charge < -0.3 is 9.47 Å². The maximum atomic E-state index is 12.0. The van der Waals surface area contributed by atoms with Crippen molar-refractivity contribution >= 4 is 11.9 Å². The zero-order chi connectivity index (χ0) is 13.3. The van der Waals surface area contributed by atoms with Crippen LogP contribution in [0.2, 0.25) is 0 Å². The fourth-order valence-corrected chi connectivity index (χ4v) is 3.03. The monoisotopic (exact) mass is 252 g/mol. The molecule has 0 N–H and O–H groups in total. The van der Waals surface area contributed by atoms with Gasteiger partial charge in [0.15, 0.2) is 0 Å². The van der Waals surface area contributed by atoms with Crippen LogP contribution in [-0.2, 0) is 19.1 Å². The van der Waals surface area contributed by atoms with Crippen molar-refractivity contribution in [1.82, 2.24) is 0 Å². The van der Waals surface area contributed by atoms with Gasteiger partial charge in [-0.15, -0.1) is 0 Å². The molecule has 4 nitrogen and oxygen atoms in total. The van der Waals surface area contributed by atoms with Crippen LogP contribution in [0.3, 0.4) is 0 Å². The lowest BCUT2D eigenvalue weighted by Crippen LogP contribution is -2.39. The Balaban J connectivity index is 2.27. The molecule has 0 radical (unpaired) electrons. The quantitative estimate of drug-likeness (QED) is 0.569. The van der Waals surface area contributed by atoms with E-state index in [9.17, 15) is 9.59 Å². The summed E-state index contributed by atoms with van der Waals surface area (Å²) in [5.74, 6) is -1.25. The second-order valence-corrected chi connectivity index (χ2v) is 5.01. The summed E-state index contributed by atoms with van der Waals surface area (Å²) in [7, 11) is 0. The number of fused-ring (bicyclic) bond motifs is 1. The predicted molar refractivity (Wildman–Crippen MR) is 65.6 cm³/mol. The molecule has 2 aliphatic rings. The summed E-state index contributed by atoms with van der Waals surface area (Å²) in [5, 5.41) is 0. The molecule has 0 bridgehead atoms. The summed E-state index contributed by atoms with van der Waals surface area (Å²) in [6, 6.07) is 0. The maximum absolute atomic E-state index is 12.0. The predicted octanol–water partition coefficient (Wildman–Crippen LogP) is 1.94. The first-order valence-corrected chi connectivity index (χ1v) is 6.65. The minimum atomic E-state index is -0.399. The third-order valence-electron chi connectivity index (χ3n) is 3.94. The van der Waals surface area contributed by atoms with Gasteiger partial charge in [0.25, 0.3) is 0 Å². The molecule has 2 rings (SSSR count). The number of carbonyl (C=O) groups excluding carboxylic acids is 2. The summed E-state index contributed by atoms with van der Waals surface area (Å²) in [5.41, 5.74) is 0. The van der Waals surface area contributed by atoms with Crippen molar-refractivity contribution in [3.63, 3.8) is 0 Å². The standard InChI is InChI=1S/C14H20O4/c1-4-10-9-7-6-8(3)11(13(15)17-5-2)12(9)14(16)18-10/h6-12H,4-5H2,1-3H3/t8-,9-,10+,11-,12-/m1/s1. The second kappa shape index (κ2) is 5.12. The molecule has 0 amide bonds. The van der Waals surface area contributed by atoms with Gasteiger partial charge in [0.05, 0.1) is 18.4 Å². The smallest absolute Gasteiger partial charge is 0.310 e. The van der Waals surface area contributed by atoms with Gasteiger partial charge >= 0.3 is 11.9 Å². The molecule has 1 fully saturated rings. The minimum Gasteiger partial charge on any atom is -0.466 e. The van der Waals surface area contributed by atoms with Gasteiger partial charge in [0.1, 0.15) is 6.10 Å². The first-order chi connectivity index (χ1) is 8.60. The third kappa shape index (κ3) is 2.04. The molecule has 5 atom stereocenters. The SMILES string of the molecule is CCOC(=O)[C@H]1[C@@H]2C(=O)O[C@@H](CC)[C@H]2C=C[C@H]1C. The summed E-state index contributed by atoms with van der Waals surface area (Å²) < 4.78 is 10.5. The maximum Gasteiger partial charge on any atom is 0.310 e. The number of hydrogen-bond donors (Lipinski definition) is 0. The molecule has 0 spiro atoms. The molecular formula is C14H20O4. The van der Waals surface area contributed by atoms with E-state index >= 15 is 0 Å². The lowest BCUT2D eigenvalue weighted by molar-refractivity contribution is -0.158. The van der Waals surface area contributed by atoms with Crippen LogP contribution in [0.25, 0.3) is 0 Å². The highest BCUT2D eigenvalue weighted by Gasteiger charge is 2.52. The molecule has 1 aliphatic heterocycles. The Bertz CT molecular complexity index is 374. The van der Waals surface area contributed by atoms with Crippen molar-refractivity contribution in [1.29, 1.82) is 0 Å². The Morgan fingerprint density at radius 3 is 2.72 bits per heavy atom. The summed E-state index contributed by atoms with van der Waals surface area (Å²) >= 11 is 0. The molecule has 1 aliphatic carbocycles. The van der Waals surface area contributed by atoms with E-state index < -0.39 is 5.92 Å². The van der Waals surface area contributed by atoms with E-state index in [4.69, 9.17) is 9.47 Å². The van der Waals surface area contributed by atoms with Crippen LogP contribution in [0.5, 0.6) is 0 Å². The fraction of sp³-hybridized carbons (Fsp3) is 0.714. The van der Waals surface area contributed by atoms with Crippen LogP contribution < -0.4 is 0 Å². The van der Waals surface area contributed by atoms with E-state index in [0.717, 1.165) is 6.42 Å². The number of rotatable bonds is 3. The van der Waals surface area contributed by atoms with Crippen molar-refractivity contribution < 1.29 is 19.1 Å². The molecule has 0 unspecified atom stereocenters. The number of esters is 2. The van der Waals surface area contributed by atoms with E-state index in [-0.39, 0.29) is 35.8 Å². The van der Waals surface area contributed by atoms with Crippen LogP contribution in [-0.4, -0.2) is 24.6 Å². The van der Waals surface area contributed by atoms with Crippen LogP contribution in [0.4, 0.5) is 0 Å². The largest absolute Gasteiger partial charge is 0.466 e. The fourth-order valence-electron chi connectivity index (χ4n) is 3.03. The van der Waals surface area contributed by atoms with E-state index in [2.05, 4.69) is 0 Å². The average Bonchev–Trinajstić information content (AvgIpc) is 2.66. The summed E-state index contributed by atoms with van der Waals surface area (Å²) in [6.07, 6.45) is 4.72. The number of allylic oxidation sites excluding steroid dienone is 1. The lowest BCUT2D eigenvalue weighted by Gasteiger charge is -2.30. The summed E-state index contributed by atoms with van der Waals surface area (Å²) in [4.78, 5) is 24.0. The molecule has 1 heterocycles. The van der Waals surface area contributed by atoms with E-state index in [0.29, 0.717) is 6.61 Å². The Kier molecular flexibility index (Phi) is 3.73. The molecule has 4 heteroatoms. The van der Waals surface area contributed by atoms with E-state index in [1.807, 2.05) is 26.0 Å². The van der Waals surface area contributed by atoms with Crippen molar-refractivity contribution in [2.45, 2.75) is 33.3 Å². The van der Waals surface area contributed by atoms with Gasteiger partial charge in [0, 0.05) is 5.92 Å². The molecular weight excluding hydrogens is 232 g/mol. The molecule has 0 aromatic rings. The lowest BCUT2D eigenvalue weighted by atomic mass is 9.70. The molecule has 1 saturated heterocycles. The molecule has 0 aromatic carbocycles. The summed E-state index contributed by atoms with van der Waals surface area (Å²) in [6.45, 7) is 6.06. The van der Waals surface area contributed by atoms with Gasteiger partial charge in [-0.2, -0.15) is 0 Å². The Hall–Kier alpha value is -1.32. The second-order valence-electron chi connectivity index (χ2n) is 5.01. The topological polar surface area (TPSA) is 52.6 Å². The van der Waals surface area contributed by atoms with Crippen molar-refractivity contribution in [2.75, 3.05) is 6.61 Å². The van der Waals surface area contributed by atoms with Crippen molar-refractivity contribution in [3.8, 4) is 0 Å². The van der Waals surface area contributed by atoms with E-state index in [1.165, 1.54) is 0 Å². The number of hydrogen-bond acceptors (Lipinski definition) is 4. The Morgan fingerprint density at radius 1 is 1.39 bits per heavy atom. The highest BCUT2D eigenvalue weighted by Crippen LogP contribution is 2.43.